The fraction of sp³-hybridized carbons (Fsp3) is 0.118. The Kier molecular flexibility index (Phi) is 4.88. The topological polar surface area (TPSA) is 59.2 Å². The smallest absolute Gasteiger partial charge is 0.329 e. The Bertz CT molecular complexity index is 987. The molecule has 3 rings (SSSR count). The molecule has 0 saturated carbocycles. The van der Waals surface area contributed by atoms with Gasteiger partial charge in [-0.05, 0) is 30.3 Å². The largest absolute Gasteiger partial charge is 0.471 e. The molecule has 0 fully saturated rings. The summed E-state index contributed by atoms with van der Waals surface area (Å²) in [6.07, 6.45) is -4.74. The van der Waals surface area contributed by atoms with E-state index in [1.165, 1.54) is 43.4 Å². The van der Waals surface area contributed by atoms with E-state index in [1.807, 2.05) is 0 Å². The number of hydrogen-bond donors (Lipinski definition) is 0. The third kappa shape index (κ3) is 3.92. The average molecular weight is 400 g/mol. The van der Waals surface area contributed by atoms with Crippen LogP contribution in [0.4, 0.5) is 23.2 Å². The molecule has 0 bridgehead atoms. The second kappa shape index (κ2) is 6.99. The normalized spacial score (nSPS) is 11.5. The van der Waals surface area contributed by atoms with Crippen molar-refractivity contribution in [1.29, 1.82) is 0 Å². The van der Waals surface area contributed by atoms with E-state index in [0.717, 1.165) is 11.0 Å². The number of alkyl halides is 3. The maximum atomic E-state index is 14.0. The van der Waals surface area contributed by atoms with Crippen LogP contribution in [0, 0.1) is 5.82 Å². The van der Waals surface area contributed by atoms with Crippen molar-refractivity contribution in [2.45, 2.75) is 6.18 Å². The van der Waals surface area contributed by atoms with E-state index in [2.05, 4.69) is 14.7 Å². The first-order chi connectivity index (χ1) is 12.7. The number of carbonyl (C=O) groups is 1. The predicted octanol–water partition coefficient (Wildman–Crippen LogP) is 4.82. The molecule has 0 aliphatic rings. The zero-order valence-corrected chi connectivity index (χ0v) is 14.3. The van der Waals surface area contributed by atoms with Crippen molar-refractivity contribution in [1.82, 2.24) is 10.1 Å². The summed E-state index contributed by atoms with van der Waals surface area (Å²) in [6, 6.07) is 9.35. The van der Waals surface area contributed by atoms with Gasteiger partial charge in [0.05, 0.1) is 5.69 Å². The minimum atomic E-state index is -4.74. The van der Waals surface area contributed by atoms with Gasteiger partial charge in [-0.15, -0.1) is 0 Å². The molecule has 1 aromatic heterocycles. The van der Waals surface area contributed by atoms with E-state index in [4.69, 9.17) is 11.6 Å². The fourth-order valence-electron chi connectivity index (χ4n) is 2.27. The number of nitrogens with zero attached hydrogens (tertiary/aromatic N) is 3. The maximum absolute atomic E-state index is 14.0. The molecular weight excluding hydrogens is 390 g/mol. The maximum Gasteiger partial charge on any atom is 0.471 e. The van der Waals surface area contributed by atoms with E-state index in [9.17, 15) is 22.4 Å². The minimum absolute atomic E-state index is 0.0291. The first kappa shape index (κ1) is 18.8. The number of amides is 1. The van der Waals surface area contributed by atoms with Crippen molar-refractivity contribution in [3.63, 3.8) is 0 Å². The molecule has 0 unspecified atom stereocenters. The summed E-state index contributed by atoms with van der Waals surface area (Å²) in [4.78, 5) is 16.9. The van der Waals surface area contributed by atoms with Crippen molar-refractivity contribution in [2.75, 3.05) is 11.9 Å². The Labute approximate surface area is 155 Å². The van der Waals surface area contributed by atoms with Crippen LogP contribution in [0.15, 0.2) is 47.0 Å². The van der Waals surface area contributed by atoms with E-state index < -0.39 is 23.8 Å². The lowest BCUT2D eigenvalue weighted by Gasteiger charge is -2.18. The summed E-state index contributed by atoms with van der Waals surface area (Å²) in [5, 5.41) is 3.46. The van der Waals surface area contributed by atoms with Crippen molar-refractivity contribution >= 4 is 23.2 Å². The molecule has 2 aromatic carbocycles. The van der Waals surface area contributed by atoms with Crippen LogP contribution in [0.3, 0.4) is 0 Å². The second-order valence-electron chi connectivity index (χ2n) is 5.46. The van der Waals surface area contributed by atoms with Gasteiger partial charge in [-0.1, -0.05) is 28.9 Å². The summed E-state index contributed by atoms with van der Waals surface area (Å²) in [6.45, 7) is 0. The van der Waals surface area contributed by atoms with Crippen LogP contribution < -0.4 is 4.90 Å². The first-order valence-electron chi connectivity index (χ1n) is 7.41. The van der Waals surface area contributed by atoms with Gasteiger partial charge < -0.3 is 9.42 Å². The van der Waals surface area contributed by atoms with Crippen molar-refractivity contribution < 1.29 is 26.9 Å². The monoisotopic (exact) mass is 399 g/mol. The van der Waals surface area contributed by atoms with Crippen LogP contribution in [0.25, 0.3) is 11.4 Å². The molecule has 0 radical (unpaired) electrons. The molecule has 10 heteroatoms. The Balaban J connectivity index is 1.82. The second-order valence-corrected chi connectivity index (χ2v) is 5.89. The molecule has 0 spiro atoms. The molecule has 3 aromatic rings. The summed E-state index contributed by atoms with van der Waals surface area (Å²) < 4.78 is 55.7. The molecule has 0 saturated heterocycles. The number of halogens is 5. The molecule has 140 valence electrons. The van der Waals surface area contributed by atoms with Crippen LogP contribution in [0.1, 0.15) is 16.2 Å². The minimum Gasteiger partial charge on any atom is -0.329 e. The highest BCUT2D eigenvalue weighted by Crippen LogP contribution is 2.29. The summed E-state index contributed by atoms with van der Waals surface area (Å²) >= 11 is 5.69. The Morgan fingerprint density at radius 3 is 2.37 bits per heavy atom. The van der Waals surface area contributed by atoms with Gasteiger partial charge in [0.15, 0.2) is 0 Å². The van der Waals surface area contributed by atoms with E-state index >= 15 is 0 Å². The van der Waals surface area contributed by atoms with Gasteiger partial charge in [-0.25, -0.2) is 4.39 Å². The van der Waals surface area contributed by atoms with Crippen LogP contribution in [-0.2, 0) is 6.18 Å². The van der Waals surface area contributed by atoms with Gasteiger partial charge in [0, 0.05) is 23.2 Å². The fourth-order valence-corrected chi connectivity index (χ4v) is 2.43. The molecule has 1 heterocycles. The Morgan fingerprint density at radius 2 is 1.81 bits per heavy atom. The summed E-state index contributed by atoms with van der Waals surface area (Å²) in [5.74, 6) is -2.91. The van der Waals surface area contributed by atoms with E-state index in [1.54, 1.807) is 0 Å². The van der Waals surface area contributed by atoms with Crippen molar-refractivity contribution in [3.05, 3.63) is 64.8 Å². The third-order valence-corrected chi connectivity index (χ3v) is 3.87. The quantitative estimate of drug-likeness (QED) is 0.592. The molecule has 0 atom stereocenters. The number of hydrogen-bond acceptors (Lipinski definition) is 4. The Hall–Kier alpha value is -2.94. The highest BCUT2D eigenvalue weighted by atomic mass is 35.5. The number of benzene rings is 2. The lowest BCUT2D eigenvalue weighted by Crippen LogP contribution is -2.27. The third-order valence-electron chi connectivity index (χ3n) is 3.63. The first-order valence-corrected chi connectivity index (χ1v) is 7.79. The summed E-state index contributed by atoms with van der Waals surface area (Å²) in [5.41, 5.74) is 0.447. The number of anilines is 1. The molecule has 0 N–H and O–H groups in total. The number of rotatable bonds is 3. The molecular formula is C17H10ClF4N3O2. The molecule has 0 aliphatic heterocycles. The van der Waals surface area contributed by atoms with Crippen LogP contribution in [-0.4, -0.2) is 23.1 Å². The van der Waals surface area contributed by atoms with Crippen molar-refractivity contribution in [3.8, 4) is 11.4 Å². The zero-order valence-electron chi connectivity index (χ0n) is 13.6. The molecule has 0 aliphatic carbocycles. The van der Waals surface area contributed by atoms with Gasteiger partial charge in [-0.3, -0.25) is 4.79 Å². The molecule has 27 heavy (non-hydrogen) atoms. The molecule has 1 amide bonds. The van der Waals surface area contributed by atoms with Crippen LogP contribution in [0.5, 0.6) is 0 Å². The van der Waals surface area contributed by atoms with Crippen LogP contribution in [0.2, 0.25) is 5.02 Å². The van der Waals surface area contributed by atoms with Gasteiger partial charge >= 0.3 is 12.1 Å². The predicted molar refractivity (Wildman–Crippen MR) is 88.9 cm³/mol. The highest BCUT2D eigenvalue weighted by Gasteiger charge is 2.38. The summed E-state index contributed by atoms with van der Waals surface area (Å²) in [7, 11) is 1.39. The highest BCUT2D eigenvalue weighted by molar-refractivity contribution is 6.30. The zero-order chi connectivity index (χ0) is 19.8. The SMILES string of the molecule is CN(C(=O)c1ccc(-c2noc(C(F)(F)F)n2)cc1)c1ccc(Cl)cc1F. The van der Waals surface area contributed by atoms with Gasteiger partial charge in [0.1, 0.15) is 5.82 Å². The lowest BCUT2D eigenvalue weighted by atomic mass is 10.1. The van der Waals surface area contributed by atoms with Gasteiger partial charge in [0.2, 0.25) is 5.82 Å². The van der Waals surface area contributed by atoms with E-state index in [-0.39, 0.29) is 27.7 Å². The average Bonchev–Trinajstić information content (AvgIpc) is 3.11. The van der Waals surface area contributed by atoms with Crippen LogP contribution >= 0.6 is 11.6 Å². The number of aromatic nitrogens is 2. The molecule has 5 nitrogen and oxygen atoms in total. The van der Waals surface area contributed by atoms with Crippen molar-refractivity contribution in [2.24, 2.45) is 0 Å². The lowest BCUT2D eigenvalue weighted by molar-refractivity contribution is -0.159. The van der Waals surface area contributed by atoms with E-state index in [0.29, 0.717) is 0 Å². The number of carbonyl (C=O) groups excluding carboxylic acids is 1. The van der Waals surface area contributed by atoms with Gasteiger partial charge in [-0.2, -0.15) is 18.2 Å². The Morgan fingerprint density at radius 1 is 1.15 bits per heavy atom. The van der Waals surface area contributed by atoms with Gasteiger partial charge in [0.25, 0.3) is 5.91 Å². The standard InChI is InChI=1S/C17H10ClF4N3O2/c1-25(13-7-6-11(18)8-12(13)19)15(26)10-4-2-9(3-5-10)14-23-16(27-24-14)17(20,21)22/h2-8H,1H3.